The fraction of sp³-hybridized carbons (Fsp3) is 0.417. The van der Waals surface area contributed by atoms with Crippen LogP contribution in [0, 0.1) is 6.57 Å². The van der Waals surface area contributed by atoms with Crippen LogP contribution in [0.1, 0.15) is 5.69 Å². The number of rotatable bonds is 3. The summed E-state index contributed by atoms with van der Waals surface area (Å²) in [5.74, 6) is 0.147. The van der Waals surface area contributed by atoms with Crippen molar-refractivity contribution in [2.75, 3.05) is 26.2 Å². The molecule has 17 heavy (non-hydrogen) atoms. The van der Waals surface area contributed by atoms with E-state index in [0.717, 1.165) is 25.2 Å². The molecule has 0 spiro atoms. The van der Waals surface area contributed by atoms with Crippen LogP contribution in [0.3, 0.4) is 0 Å². The standard InChI is InChI=1S/C12H14N4O/c1-13-11-3-2-10(15-8-11)4-6-16-7-5-14-9-12(16)17/h2-3,8,14H,4-7,9H2. The van der Waals surface area contributed by atoms with Crippen LogP contribution in [0.25, 0.3) is 4.85 Å². The zero-order valence-corrected chi connectivity index (χ0v) is 9.52. The summed E-state index contributed by atoms with van der Waals surface area (Å²) in [6, 6.07) is 3.61. The first kappa shape index (κ1) is 11.6. The lowest BCUT2D eigenvalue weighted by Gasteiger charge is -2.27. The van der Waals surface area contributed by atoms with Gasteiger partial charge in [0.25, 0.3) is 0 Å². The molecule has 1 aromatic heterocycles. The maximum atomic E-state index is 11.5. The number of aromatic nitrogens is 1. The average molecular weight is 230 g/mol. The molecular weight excluding hydrogens is 216 g/mol. The molecule has 0 radical (unpaired) electrons. The van der Waals surface area contributed by atoms with Crippen molar-refractivity contribution in [3.05, 3.63) is 35.4 Å². The first-order valence-electron chi connectivity index (χ1n) is 5.60. The van der Waals surface area contributed by atoms with Crippen molar-refractivity contribution in [1.82, 2.24) is 15.2 Å². The highest BCUT2D eigenvalue weighted by atomic mass is 16.2. The molecule has 1 aromatic rings. The third kappa shape index (κ3) is 3.02. The van der Waals surface area contributed by atoms with E-state index in [1.807, 2.05) is 11.0 Å². The van der Waals surface area contributed by atoms with E-state index < -0.39 is 0 Å². The molecule has 2 rings (SSSR count). The van der Waals surface area contributed by atoms with Gasteiger partial charge in [-0.05, 0) is 0 Å². The Hall–Kier alpha value is -1.93. The Morgan fingerprint density at radius 2 is 2.41 bits per heavy atom. The lowest BCUT2D eigenvalue weighted by molar-refractivity contribution is -0.131. The molecule has 1 saturated heterocycles. The number of carbonyl (C=O) groups is 1. The molecule has 2 heterocycles. The number of nitrogens with one attached hydrogen (secondary N) is 1. The Labute approximate surface area is 100 Å². The highest BCUT2D eigenvalue weighted by molar-refractivity contribution is 5.78. The maximum Gasteiger partial charge on any atom is 0.236 e. The van der Waals surface area contributed by atoms with Gasteiger partial charge in [0, 0.05) is 37.9 Å². The topological polar surface area (TPSA) is 49.6 Å². The van der Waals surface area contributed by atoms with E-state index in [1.165, 1.54) is 0 Å². The number of piperazine rings is 1. The number of pyridine rings is 1. The third-order valence-electron chi connectivity index (χ3n) is 2.76. The fourth-order valence-corrected chi connectivity index (χ4v) is 1.76. The molecule has 0 unspecified atom stereocenters. The van der Waals surface area contributed by atoms with Crippen molar-refractivity contribution in [3.63, 3.8) is 0 Å². The van der Waals surface area contributed by atoms with Crippen LogP contribution in [0.4, 0.5) is 5.69 Å². The smallest absolute Gasteiger partial charge is 0.236 e. The number of amides is 1. The fourth-order valence-electron chi connectivity index (χ4n) is 1.76. The summed E-state index contributed by atoms with van der Waals surface area (Å²) in [5, 5.41) is 3.04. The highest BCUT2D eigenvalue weighted by Gasteiger charge is 2.16. The molecular formula is C12H14N4O. The molecule has 5 nitrogen and oxygen atoms in total. The van der Waals surface area contributed by atoms with Gasteiger partial charge in [0.1, 0.15) is 0 Å². The van der Waals surface area contributed by atoms with E-state index in [0.29, 0.717) is 18.8 Å². The van der Waals surface area contributed by atoms with Crippen LogP contribution in [0.15, 0.2) is 18.3 Å². The van der Waals surface area contributed by atoms with Gasteiger partial charge >= 0.3 is 0 Å². The van der Waals surface area contributed by atoms with Crippen LogP contribution < -0.4 is 5.32 Å². The Morgan fingerprint density at radius 1 is 1.53 bits per heavy atom. The van der Waals surface area contributed by atoms with Crippen LogP contribution in [0.5, 0.6) is 0 Å². The molecule has 0 atom stereocenters. The summed E-state index contributed by atoms with van der Waals surface area (Å²) in [6.07, 6.45) is 2.31. The third-order valence-corrected chi connectivity index (χ3v) is 2.76. The van der Waals surface area contributed by atoms with Crippen molar-refractivity contribution in [3.8, 4) is 0 Å². The van der Waals surface area contributed by atoms with Crippen LogP contribution in [0.2, 0.25) is 0 Å². The van der Waals surface area contributed by atoms with Gasteiger partial charge in [0.15, 0.2) is 0 Å². The van der Waals surface area contributed by atoms with Gasteiger partial charge in [-0.2, -0.15) is 0 Å². The second-order valence-corrected chi connectivity index (χ2v) is 3.93. The monoisotopic (exact) mass is 230 g/mol. The summed E-state index contributed by atoms with van der Waals surface area (Å²) >= 11 is 0. The zero-order chi connectivity index (χ0) is 12.1. The van der Waals surface area contributed by atoms with Crippen LogP contribution in [-0.4, -0.2) is 42.0 Å². The number of nitrogens with zero attached hydrogens (tertiary/aromatic N) is 3. The van der Waals surface area contributed by atoms with Crippen LogP contribution >= 0.6 is 0 Å². The van der Waals surface area contributed by atoms with Crippen molar-refractivity contribution in [1.29, 1.82) is 0 Å². The van der Waals surface area contributed by atoms with Gasteiger partial charge in [0.2, 0.25) is 11.6 Å². The zero-order valence-electron chi connectivity index (χ0n) is 9.52. The SMILES string of the molecule is [C-]#[N+]c1ccc(CCN2CCNCC2=O)nc1. The van der Waals surface area contributed by atoms with Crippen molar-refractivity contribution in [2.45, 2.75) is 6.42 Å². The van der Waals surface area contributed by atoms with Crippen molar-refractivity contribution >= 4 is 11.6 Å². The Bertz CT molecular complexity index is 435. The molecule has 1 N–H and O–H groups in total. The lowest BCUT2D eigenvalue weighted by atomic mass is 10.2. The first-order chi connectivity index (χ1) is 8.29. The molecule has 1 aliphatic rings. The molecule has 0 saturated carbocycles. The van der Waals surface area contributed by atoms with E-state index in [-0.39, 0.29) is 5.91 Å². The minimum atomic E-state index is 0.147. The van der Waals surface area contributed by atoms with Gasteiger partial charge in [-0.15, -0.1) is 0 Å². The number of carbonyl (C=O) groups excluding carboxylic acids is 1. The van der Waals surface area contributed by atoms with Crippen LogP contribution in [-0.2, 0) is 11.2 Å². The number of hydrogen-bond acceptors (Lipinski definition) is 3. The van der Waals surface area contributed by atoms with E-state index >= 15 is 0 Å². The Kier molecular flexibility index (Phi) is 3.68. The molecule has 1 aliphatic heterocycles. The molecule has 5 heteroatoms. The quantitative estimate of drug-likeness (QED) is 0.774. The molecule has 1 amide bonds. The summed E-state index contributed by atoms with van der Waals surface area (Å²) in [4.78, 5) is 20.8. The predicted molar refractivity (Wildman–Crippen MR) is 63.7 cm³/mol. The first-order valence-corrected chi connectivity index (χ1v) is 5.60. The lowest BCUT2D eigenvalue weighted by Crippen LogP contribution is -2.48. The second-order valence-electron chi connectivity index (χ2n) is 3.93. The molecule has 88 valence electrons. The summed E-state index contributed by atoms with van der Waals surface area (Å²) in [5.41, 5.74) is 1.47. The number of hydrogen-bond donors (Lipinski definition) is 1. The van der Waals surface area contributed by atoms with E-state index in [1.54, 1.807) is 12.3 Å². The predicted octanol–water partition coefficient (Wildman–Crippen LogP) is 0.607. The molecule has 0 aliphatic carbocycles. The maximum absolute atomic E-state index is 11.5. The molecule has 0 aromatic carbocycles. The van der Waals surface area contributed by atoms with Gasteiger partial charge in [0.05, 0.1) is 13.1 Å². The minimum absolute atomic E-state index is 0.147. The van der Waals surface area contributed by atoms with Crippen molar-refractivity contribution in [2.24, 2.45) is 0 Å². The van der Waals surface area contributed by atoms with Gasteiger partial charge in [-0.3, -0.25) is 9.78 Å². The van der Waals surface area contributed by atoms with Gasteiger partial charge in [-0.1, -0.05) is 12.1 Å². The van der Waals surface area contributed by atoms with Gasteiger partial charge in [-0.25, -0.2) is 4.85 Å². The Balaban J connectivity index is 1.88. The Morgan fingerprint density at radius 3 is 3.06 bits per heavy atom. The summed E-state index contributed by atoms with van der Waals surface area (Å²) in [6.45, 7) is 9.58. The molecule has 0 bridgehead atoms. The average Bonchev–Trinajstić information content (AvgIpc) is 2.38. The summed E-state index contributed by atoms with van der Waals surface area (Å²) in [7, 11) is 0. The van der Waals surface area contributed by atoms with Gasteiger partial charge < -0.3 is 10.2 Å². The van der Waals surface area contributed by atoms with E-state index in [9.17, 15) is 4.79 Å². The normalized spacial score (nSPS) is 15.7. The second kappa shape index (κ2) is 5.41. The van der Waals surface area contributed by atoms with E-state index in [4.69, 9.17) is 6.57 Å². The van der Waals surface area contributed by atoms with E-state index in [2.05, 4.69) is 15.1 Å². The van der Waals surface area contributed by atoms with Crippen molar-refractivity contribution < 1.29 is 4.79 Å². The minimum Gasteiger partial charge on any atom is -0.340 e. The largest absolute Gasteiger partial charge is 0.340 e. The molecule has 1 fully saturated rings. The highest BCUT2D eigenvalue weighted by Crippen LogP contribution is 2.10. The summed E-state index contributed by atoms with van der Waals surface area (Å²) < 4.78 is 0.